The maximum atomic E-state index is 12.8. The molecule has 107 heavy (non-hydrogen) atoms. The third-order valence-electron chi connectivity index (χ3n) is 17.0. The van der Waals surface area contributed by atoms with Gasteiger partial charge in [0.2, 0.25) is 0 Å². The second-order valence-electron chi connectivity index (χ2n) is 23.8. The van der Waals surface area contributed by atoms with Crippen molar-refractivity contribution in [3.8, 4) is 0 Å². The van der Waals surface area contributed by atoms with Crippen LogP contribution in [0.4, 0.5) is 56.6 Å². The number of carbonyl (C=O) groups excluding carboxylic acids is 5. The Morgan fingerprint density at radius 1 is 0.327 bits per heavy atom. The average Bonchev–Trinajstić information content (AvgIpc) is 1.72. The summed E-state index contributed by atoms with van der Waals surface area (Å²) in [5.74, 6) is -0.409. The van der Waals surface area contributed by atoms with E-state index >= 15 is 0 Å². The number of fused-ring (bicyclic) bond motifs is 10. The predicted molar refractivity (Wildman–Crippen MR) is 458 cm³/mol. The van der Waals surface area contributed by atoms with Gasteiger partial charge < -0.3 is 0 Å². The fourth-order valence-corrected chi connectivity index (χ4v) is 32.1. The first-order chi connectivity index (χ1) is 52.6. The zero-order valence-corrected chi connectivity index (χ0v) is 77.1. The fraction of sp³-hybridized carbons (Fsp3) is 0.0114. The van der Waals surface area contributed by atoms with Crippen molar-refractivity contribution in [1.29, 1.82) is 0 Å². The Labute approximate surface area is 709 Å². The number of nitrogens with one attached hydrogen (secondary N) is 1. The number of carbonyl (C=O) groups is 5. The summed E-state index contributed by atoms with van der Waals surface area (Å²) < 4.78 is 28.3. The number of para-hydroxylation sites is 8. The van der Waals surface area contributed by atoms with Gasteiger partial charge in [0.1, 0.15) is 0 Å². The van der Waals surface area contributed by atoms with E-state index in [1.807, 2.05) is 24.3 Å². The van der Waals surface area contributed by atoms with Crippen LogP contribution in [-0.2, 0) is 0 Å². The van der Waals surface area contributed by atoms with E-state index in [1.165, 1.54) is 92.3 Å². The number of rotatable bonds is 5. The predicted octanol–water partition coefficient (Wildman–Crippen LogP) is 12.8. The van der Waals surface area contributed by atoms with Crippen molar-refractivity contribution in [2.45, 2.75) is 6.42 Å². The van der Waals surface area contributed by atoms with E-state index in [4.69, 9.17) is 0 Å². The van der Waals surface area contributed by atoms with Gasteiger partial charge in [0.05, 0.1) is 6.42 Å². The summed E-state index contributed by atoms with van der Waals surface area (Å²) in [6.45, 7) is 0. The van der Waals surface area contributed by atoms with Crippen molar-refractivity contribution in [2.75, 3.05) is 20.0 Å². The number of hydrogen-bond acceptors (Lipinski definition) is 9. The molecule has 522 valence electrons. The maximum absolute atomic E-state index is 12.8. The molecule has 2 aliphatic carbocycles. The molecule has 0 spiro atoms. The van der Waals surface area contributed by atoms with E-state index in [-0.39, 0.29) is 106 Å². The molecule has 6 aliphatic rings. The van der Waals surface area contributed by atoms with Crippen LogP contribution >= 0.6 is 22.6 Å². The van der Waals surface area contributed by atoms with E-state index in [0.29, 0.717) is 72.7 Å². The molecule has 0 saturated heterocycles. The number of aldehydes is 1. The van der Waals surface area contributed by atoms with E-state index < -0.39 is 40.9 Å². The van der Waals surface area contributed by atoms with Gasteiger partial charge in [-0.25, -0.2) is 0 Å². The first-order valence-electron chi connectivity index (χ1n) is 33.6. The van der Waals surface area contributed by atoms with Gasteiger partial charge in [0, 0.05) is 11.1 Å². The Bertz CT molecular complexity index is 5450. The van der Waals surface area contributed by atoms with Gasteiger partial charge in [0.15, 0.2) is 11.6 Å². The summed E-state index contributed by atoms with van der Waals surface area (Å²) in [7, 11) is 0. The molecule has 0 radical (unpaired) electrons. The molecule has 21 rings (SSSR count). The van der Waals surface area contributed by atoms with Crippen molar-refractivity contribution in [3.05, 3.63) is 356 Å². The number of allylic oxidation sites excluding steroid dienone is 1. The van der Waals surface area contributed by atoms with E-state index in [0.717, 1.165) is 13.4 Å². The SMILES string of the molecule is Ic1ccc[te]1.O=C1C(=Cc2ccc(N3c4ccccc4[Se]c4ccccc43)[te]2)C(=O)c2ccccc21.O=C1CC(=O)c2ccccc21.O=Cc1ccc(N2c3ccccc3[Se]c3ccccc32)[te]1.c1c[te]c(N2c3ccccc3[Se]c3ccccc32)c1.c1cc[te]c1.c1ccc2c(c1)Nc1ccccc1[Se]2. The molecule has 0 saturated carbocycles. The molecule has 0 unspecified atom stereocenters. The second kappa shape index (κ2) is 36.7. The van der Waals surface area contributed by atoms with Crippen molar-refractivity contribution >= 4 is 312 Å². The zero-order valence-electron chi connectivity index (χ0n) is 56.5. The summed E-state index contributed by atoms with van der Waals surface area (Å²) in [6.07, 6.45) is 2.90. The summed E-state index contributed by atoms with van der Waals surface area (Å²) >= 11 is 2.86. The van der Waals surface area contributed by atoms with Gasteiger partial charge in [-0.2, -0.15) is 0 Å². The topological polar surface area (TPSA) is 107 Å². The van der Waals surface area contributed by atoms with Gasteiger partial charge in [-0.15, -0.1) is 0 Å². The third-order valence-corrected chi connectivity index (χ3v) is 40.5. The molecule has 9 heterocycles. The molecular formula is C88H59IN4O5Se4Te5. The Hall–Kier alpha value is -6.35. The third kappa shape index (κ3) is 17.9. The molecule has 19 heteroatoms. The van der Waals surface area contributed by atoms with E-state index in [2.05, 4.69) is 308 Å². The number of hydrogen-bond donors (Lipinski definition) is 1. The number of benzene rings is 10. The van der Waals surface area contributed by atoms with Crippen LogP contribution in [0.15, 0.2) is 325 Å². The number of ketones is 4. The van der Waals surface area contributed by atoms with Crippen LogP contribution in [0.5, 0.6) is 0 Å². The quantitative estimate of drug-likeness (QED) is 0.0450. The van der Waals surface area contributed by atoms with Crippen molar-refractivity contribution in [2.24, 2.45) is 0 Å². The summed E-state index contributed by atoms with van der Waals surface area (Å²) in [5.41, 5.74) is 12.9. The zero-order chi connectivity index (χ0) is 73.0. The van der Waals surface area contributed by atoms with E-state index in [1.54, 1.807) is 38.0 Å². The van der Waals surface area contributed by atoms with Gasteiger partial charge in [-0.3, -0.25) is 9.59 Å². The molecule has 4 aliphatic heterocycles. The monoisotopic (exact) mass is 2350 g/mol. The molecule has 0 atom stereocenters. The normalized spacial score (nSPS) is 13.0. The van der Waals surface area contributed by atoms with Gasteiger partial charge in [-0.05, 0) is 0 Å². The minimum absolute atomic E-state index is 0.0504. The van der Waals surface area contributed by atoms with Crippen LogP contribution in [-0.4, -0.2) is 191 Å². The van der Waals surface area contributed by atoms with Crippen molar-refractivity contribution < 1.29 is 24.0 Å². The first kappa shape index (κ1) is 76.0. The molecule has 15 aromatic rings. The van der Waals surface area contributed by atoms with Gasteiger partial charge >= 0.3 is 656 Å². The first-order valence-corrected chi connectivity index (χ1v) is 53.9. The Morgan fingerprint density at radius 3 is 1.03 bits per heavy atom. The van der Waals surface area contributed by atoms with Crippen molar-refractivity contribution in [3.63, 3.8) is 0 Å². The molecule has 10 aromatic carbocycles. The Balaban J connectivity index is 0.000000106. The Morgan fingerprint density at radius 2 is 0.673 bits per heavy atom. The summed E-state index contributed by atoms with van der Waals surface area (Å²) in [6, 6.07) is 105. The molecular weight excluding hydrogens is 2270 g/mol. The number of Topliss-reactive ketones (excluding diaryl/α,β-unsaturated/α-hetero) is 4. The molecule has 5 aromatic heterocycles. The Kier molecular flexibility index (Phi) is 26.0. The molecule has 0 amide bonds. The molecule has 1 N–H and O–H groups in total. The average molecular weight is 2330 g/mol. The van der Waals surface area contributed by atoms with Crippen LogP contribution in [0.2, 0.25) is 0 Å². The van der Waals surface area contributed by atoms with Crippen LogP contribution in [0.3, 0.4) is 0 Å². The number of nitrogens with zero attached hydrogens (tertiary/aromatic N) is 3. The minimum atomic E-state index is -0.745. The number of halogens is 1. The molecule has 0 fully saturated rings. The fourth-order valence-electron chi connectivity index (χ4n) is 12.2. The van der Waals surface area contributed by atoms with Crippen molar-refractivity contribution in [1.82, 2.24) is 0 Å². The van der Waals surface area contributed by atoms with Crippen LogP contribution in [0.25, 0.3) is 6.08 Å². The van der Waals surface area contributed by atoms with Crippen LogP contribution in [0.1, 0.15) is 59.8 Å². The molecule has 9 nitrogen and oxygen atoms in total. The second-order valence-corrected chi connectivity index (χ2v) is 50.3. The van der Waals surface area contributed by atoms with Crippen LogP contribution in [0, 0.1) is 1.59 Å². The summed E-state index contributed by atoms with van der Waals surface area (Å²) in [5, 5.41) is 3.46. The molecule has 0 bridgehead atoms. The van der Waals surface area contributed by atoms with Gasteiger partial charge in [0.25, 0.3) is 0 Å². The van der Waals surface area contributed by atoms with Crippen LogP contribution < -0.4 is 55.7 Å². The number of anilines is 11. The summed E-state index contributed by atoms with van der Waals surface area (Å²) in [4.78, 5) is 65.9. The standard InChI is InChI=1S/C26H15NO2SeTe.C17H11NOSeTe.C16H11NSeTe.C12H9NSe.C9H6O2.C4H3ITe.C4H4Te/c28-25-17-7-1-2-8-18(17)26(29)19(25)15-16-13-14-24(31-16)27-20-9-3-5-11-22(20)30-23-12-6-4-10-21(23)27;19-11-12-9-10-17(21-12)18-13-5-1-3-7-15(13)20-16-8-4-2-6-14(16)18;1-3-8-14-12(6-1)17(16-10-5-11-19-16)13-7-2-4-9-15(13)18-14;1-3-7-11-9(5-1)13-10-6-2-4-8-12(10)14-11;10-8-5-9(11)7-4-2-1-3-6(7)8;5-4-2-1-3-6-4;1-2-4-5-3-1/h1-15H;1-11H;1-11H;1-8,13H;1-4H,5H2;1-3H;1-4H. The van der Waals surface area contributed by atoms with Gasteiger partial charge in [-0.1, -0.05) is 24.3 Å². The van der Waals surface area contributed by atoms with E-state index in [9.17, 15) is 24.0 Å².